The van der Waals surface area contributed by atoms with Crippen LogP contribution in [0.4, 0.5) is 10.2 Å². The summed E-state index contributed by atoms with van der Waals surface area (Å²) in [5, 5.41) is 3.54. The van der Waals surface area contributed by atoms with Crippen molar-refractivity contribution in [3.05, 3.63) is 33.9 Å². The van der Waals surface area contributed by atoms with Gasteiger partial charge < -0.3 is 4.90 Å². The molecule has 0 N–H and O–H groups in total. The van der Waals surface area contributed by atoms with Crippen LogP contribution in [0.5, 0.6) is 0 Å². The third-order valence-corrected chi connectivity index (χ3v) is 6.72. The second-order valence-corrected chi connectivity index (χ2v) is 8.27. The summed E-state index contributed by atoms with van der Waals surface area (Å²) < 4.78 is 14.5. The fourth-order valence-electron chi connectivity index (χ4n) is 4.08. The van der Waals surface area contributed by atoms with E-state index in [1.165, 1.54) is 36.3 Å². The van der Waals surface area contributed by atoms with Crippen LogP contribution in [0.3, 0.4) is 0 Å². The monoisotopic (exact) mass is 359 g/mol. The van der Waals surface area contributed by atoms with Crippen LogP contribution in [0.1, 0.15) is 48.5 Å². The van der Waals surface area contributed by atoms with Gasteiger partial charge in [0, 0.05) is 43.0 Å². The van der Waals surface area contributed by atoms with Gasteiger partial charge in [-0.1, -0.05) is 6.92 Å². The first-order valence-electron chi connectivity index (χ1n) is 9.17. The highest BCUT2D eigenvalue weighted by Gasteiger charge is 2.45. The summed E-state index contributed by atoms with van der Waals surface area (Å²) in [6, 6.07) is 0.952. The molecule has 0 spiro atoms. The van der Waals surface area contributed by atoms with Gasteiger partial charge in [-0.15, -0.1) is 11.3 Å². The zero-order chi connectivity index (χ0) is 17.0. The molecule has 4 fully saturated rings. The van der Waals surface area contributed by atoms with Crippen LogP contribution in [0.2, 0.25) is 0 Å². The molecular weight excluding hydrogens is 337 g/mol. The van der Waals surface area contributed by atoms with Crippen molar-refractivity contribution >= 4 is 17.2 Å². The third kappa shape index (κ3) is 2.73. The van der Waals surface area contributed by atoms with E-state index in [2.05, 4.69) is 25.1 Å². The van der Waals surface area contributed by atoms with Crippen molar-refractivity contribution in [1.82, 2.24) is 19.9 Å². The Labute approximate surface area is 150 Å². The lowest BCUT2D eigenvalue weighted by atomic mass is 9.87. The highest BCUT2D eigenvalue weighted by Crippen LogP contribution is 2.42. The van der Waals surface area contributed by atoms with Crippen LogP contribution < -0.4 is 4.90 Å². The summed E-state index contributed by atoms with van der Waals surface area (Å²) in [5.41, 5.74) is 1.72. The normalized spacial score (nSPS) is 25.9. The minimum absolute atomic E-state index is 0.244. The van der Waals surface area contributed by atoms with Crippen LogP contribution in [-0.4, -0.2) is 45.0 Å². The summed E-state index contributed by atoms with van der Waals surface area (Å²) in [6.07, 6.45) is 5.90. The van der Waals surface area contributed by atoms with Gasteiger partial charge in [0.25, 0.3) is 0 Å². The number of thiazole rings is 1. The summed E-state index contributed by atoms with van der Waals surface area (Å²) >= 11 is 1.81. The minimum Gasteiger partial charge on any atom is -0.351 e. The van der Waals surface area contributed by atoms with E-state index in [1.54, 1.807) is 0 Å². The zero-order valence-electron chi connectivity index (χ0n) is 14.4. The van der Waals surface area contributed by atoms with E-state index in [4.69, 9.17) is 4.98 Å². The molecule has 0 aromatic carbocycles. The highest BCUT2D eigenvalue weighted by molar-refractivity contribution is 7.09. The number of anilines is 1. The second-order valence-electron chi connectivity index (χ2n) is 7.38. The van der Waals surface area contributed by atoms with E-state index in [9.17, 15) is 4.39 Å². The first kappa shape index (κ1) is 15.6. The van der Waals surface area contributed by atoms with Crippen molar-refractivity contribution < 1.29 is 4.39 Å². The molecule has 5 heterocycles. The lowest BCUT2D eigenvalue weighted by Crippen LogP contribution is -2.68. The number of piperazine rings is 1. The Balaban J connectivity index is 1.27. The maximum absolute atomic E-state index is 14.5. The van der Waals surface area contributed by atoms with Crippen molar-refractivity contribution in [2.24, 2.45) is 0 Å². The van der Waals surface area contributed by atoms with Gasteiger partial charge >= 0.3 is 0 Å². The average molecular weight is 359 g/mol. The molecule has 0 radical (unpaired) electrons. The fraction of sp³-hybridized carbons (Fsp3) is 0.611. The summed E-state index contributed by atoms with van der Waals surface area (Å²) in [5.74, 6) is 0.968. The summed E-state index contributed by atoms with van der Waals surface area (Å²) in [4.78, 5) is 17.7. The maximum Gasteiger partial charge on any atom is 0.187 e. The summed E-state index contributed by atoms with van der Waals surface area (Å²) in [6.45, 7) is 4.54. The van der Waals surface area contributed by atoms with E-state index in [0.29, 0.717) is 30.0 Å². The molecule has 2 unspecified atom stereocenters. The average Bonchev–Trinajstić information content (AvgIpc) is 3.38. The quantitative estimate of drug-likeness (QED) is 0.821. The zero-order valence-corrected chi connectivity index (χ0v) is 15.2. The van der Waals surface area contributed by atoms with E-state index < -0.39 is 0 Å². The highest BCUT2D eigenvalue weighted by atomic mass is 32.1. The number of piperidine rings is 1. The van der Waals surface area contributed by atoms with Gasteiger partial charge in [-0.3, -0.25) is 4.90 Å². The van der Waals surface area contributed by atoms with E-state index in [0.717, 1.165) is 25.6 Å². The topological polar surface area (TPSA) is 45.2 Å². The SMILES string of the molecule is CCc1ncnc(N2CC3CC(C2)N3Cc2csc(C3CC3)n2)c1F. The van der Waals surface area contributed by atoms with E-state index in [1.807, 2.05) is 18.3 Å². The molecule has 7 heteroatoms. The fourth-order valence-corrected chi connectivity index (χ4v) is 5.06. The van der Waals surface area contributed by atoms with Gasteiger partial charge in [-0.2, -0.15) is 0 Å². The summed E-state index contributed by atoms with van der Waals surface area (Å²) in [7, 11) is 0. The van der Waals surface area contributed by atoms with Gasteiger partial charge in [0.05, 0.1) is 16.4 Å². The lowest BCUT2D eigenvalue weighted by molar-refractivity contribution is -0.00980. The first-order valence-corrected chi connectivity index (χ1v) is 10.0. The largest absolute Gasteiger partial charge is 0.351 e. The van der Waals surface area contributed by atoms with Gasteiger partial charge in [-0.25, -0.2) is 19.3 Å². The molecule has 4 aliphatic rings. The molecule has 2 aromatic rings. The Morgan fingerprint density at radius 3 is 2.76 bits per heavy atom. The molecule has 5 nitrogen and oxygen atoms in total. The number of hydrogen-bond acceptors (Lipinski definition) is 6. The van der Waals surface area contributed by atoms with Crippen LogP contribution in [0.25, 0.3) is 0 Å². The Morgan fingerprint density at radius 1 is 1.24 bits per heavy atom. The molecule has 6 rings (SSSR count). The lowest BCUT2D eigenvalue weighted by Gasteiger charge is -2.56. The molecule has 2 atom stereocenters. The number of fused-ring (bicyclic) bond motifs is 2. The molecule has 0 amide bonds. The number of rotatable bonds is 5. The maximum atomic E-state index is 14.5. The number of aryl methyl sites for hydroxylation is 1. The van der Waals surface area contributed by atoms with Crippen molar-refractivity contribution in [3.63, 3.8) is 0 Å². The van der Waals surface area contributed by atoms with E-state index in [-0.39, 0.29) is 5.82 Å². The van der Waals surface area contributed by atoms with E-state index >= 15 is 0 Å². The molecule has 2 aromatic heterocycles. The molecular formula is C18H22FN5S. The molecule has 132 valence electrons. The molecule has 3 aliphatic heterocycles. The second kappa shape index (κ2) is 5.99. The van der Waals surface area contributed by atoms with Gasteiger partial charge in [0.1, 0.15) is 6.33 Å². The predicted molar refractivity (Wildman–Crippen MR) is 95.4 cm³/mol. The van der Waals surface area contributed by atoms with Crippen LogP contribution in [-0.2, 0) is 13.0 Å². The Morgan fingerprint density at radius 2 is 2.04 bits per heavy atom. The smallest absolute Gasteiger partial charge is 0.187 e. The molecule has 3 saturated heterocycles. The number of halogens is 1. The van der Waals surface area contributed by atoms with Gasteiger partial charge in [0.2, 0.25) is 0 Å². The molecule has 2 bridgehead atoms. The Bertz CT molecular complexity index is 778. The Kier molecular flexibility index (Phi) is 3.74. The van der Waals surface area contributed by atoms with Crippen LogP contribution >= 0.6 is 11.3 Å². The van der Waals surface area contributed by atoms with Crippen molar-refractivity contribution in [2.75, 3.05) is 18.0 Å². The standard InChI is InChI=1S/C18H22FN5S/c1-2-15-16(19)17(21-10-20-15)23-7-13-5-14(8-23)24(13)6-12-9-25-18(22-12)11-3-4-11/h9-11,13-14H,2-8H2,1H3. The Hall–Kier alpha value is -1.60. The van der Waals surface area contributed by atoms with Gasteiger partial charge in [-0.05, 0) is 25.7 Å². The predicted octanol–water partition coefficient (Wildman–Crippen LogP) is 2.98. The third-order valence-electron chi connectivity index (χ3n) is 5.66. The van der Waals surface area contributed by atoms with Crippen molar-refractivity contribution in [3.8, 4) is 0 Å². The van der Waals surface area contributed by atoms with Gasteiger partial charge in [0.15, 0.2) is 11.6 Å². The van der Waals surface area contributed by atoms with Crippen molar-refractivity contribution in [2.45, 2.75) is 57.2 Å². The first-order chi connectivity index (χ1) is 12.2. The molecule has 1 saturated carbocycles. The number of nitrogens with zero attached hydrogens (tertiary/aromatic N) is 5. The molecule has 1 aliphatic carbocycles. The van der Waals surface area contributed by atoms with Crippen LogP contribution in [0, 0.1) is 5.82 Å². The molecule has 25 heavy (non-hydrogen) atoms. The minimum atomic E-state index is -0.244. The van der Waals surface area contributed by atoms with Crippen LogP contribution in [0.15, 0.2) is 11.7 Å². The van der Waals surface area contributed by atoms with Crippen molar-refractivity contribution in [1.29, 1.82) is 0 Å². The number of aromatic nitrogens is 3. The number of hydrogen-bond donors (Lipinski definition) is 0.